The Balaban J connectivity index is 1.39. The van der Waals surface area contributed by atoms with Crippen molar-refractivity contribution in [1.29, 1.82) is 0 Å². The van der Waals surface area contributed by atoms with Gasteiger partial charge in [0.2, 0.25) is 5.79 Å². The van der Waals surface area contributed by atoms with Gasteiger partial charge in [-0.1, -0.05) is 78.7 Å². The summed E-state index contributed by atoms with van der Waals surface area (Å²) in [6, 6.07) is 29.0. The van der Waals surface area contributed by atoms with Crippen molar-refractivity contribution in [3.8, 4) is 28.4 Å². The van der Waals surface area contributed by atoms with Crippen molar-refractivity contribution < 1.29 is 53.6 Å². The summed E-state index contributed by atoms with van der Waals surface area (Å²) in [6.07, 6.45) is 9.63. The average Bonchev–Trinajstić information content (AvgIpc) is 3.38. The molecule has 7 rings (SSSR count). The first-order valence-electron chi connectivity index (χ1n) is 24.2. The number of nitrogens with zero attached hydrogens (tertiary/aromatic N) is 3. The van der Waals surface area contributed by atoms with Crippen molar-refractivity contribution in [2.45, 2.75) is 75.7 Å². The molecule has 4 aromatic rings. The maximum Gasteiger partial charge on any atom is 0.410 e. The maximum absolute atomic E-state index is 14.5. The fraction of sp³-hybridized carbons (Fsp3) is 0.418. The number of hydrogen-bond donors (Lipinski definition) is 3. The number of aliphatic hydroxyl groups excluding tert-OH is 3. The van der Waals surface area contributed by atoms with E-state index < -0.39 is 28.8 Å². The monoisotopic (exact) mass is 959 g/mol. The van der Waals surface area contributed by atoms with Crippen LogP contribution in [0.5, 0.6) is 17.2 Å². The molecule has 2 aliphatic carbocycles. The van der Waals surface area contributed by atoms with Crippen LogP contribution in [-0.2, 0) is 25.7 Å². The van der Waals surface area contributed by atoms with Crippen LogP contribution in [0.15, 0.2) is 139 Å². The summed E-state index contributed by atoms with van der Waals surface area (Å²) in [5.41, 5.74) is 5.03. The van der Waals surface area contributed by atoms with Crippen molar-refractivity contribution in [3.05, 3.63) is 155 Å². The summed E-state index contributed by atoms with van der Waals surface area (Å²) < 4.78 is 32.7. The molecule has 1 aliphatic heterocycles. The van der Waals surface area contributed by atoms with Gasteiger partial charge in [0.1, 0.15) is 29.9 Å². The van der Waals surface area contributed by atoms with E-state index >= 15 is 0 Å². The Hall–Kier alpha value is -6.36. The lowest BCUT2D eigenvalue weighted by atomic mass is 9.55. The third kappa shape index (κ3) is 12.3. The normalized spacial score (nSPS) is 21.6. The number of aliphatic hydroxyl groups is 3. The third-order valence-electron chi connectivity index (χ3n) is 13.3. The number of benzene rings is 4. The second-order valence-corrected chi connectivity index (χ2v) is 17.7. The van der Waals surface area contributed by atoms with Crippen LogP contribution in [0.3, 0.4) is 0 Å². The van der Waals surface area contributed by atoms with Crippen molar-refractivity contribution >= 4 is 17.5 Å². The van der Waals surface area contributed by atoms with E-state index in [-0.39, 0.29) is 89.3 Å². The van der Waals surface area contributed by atoms with Gasteiger partial charge in [0.15, 0.2) is 0 Å². The molecular formula is C55H65N3O12. The molecule has 3 aliphatic rings. The predicted molar refractivity (Wildman–Crippen MR) is 266 cm³/mol. The zero-order chi connectivity index (χ0) is 49.3. The van der Waals surface area contributed by atoms with E-state index in [0.717, 1.165) is 47.9 Å². The second kappa shape index (κ2) is 25.5. The van der Waals surface area contributed by atoms with E-state index in [1.54, 1.807) is 29.2 Å². The Labute approximate surface area is 409 Å². The van der Waals surface area contributed by atoms with Gasteiger partial charge in [-0.2, -0.15) is 0 Å². The number of unbranched alkanes of at least 4 members (excludes halogenated alkanes) is 2. The number of hydrogen-bond acceptors (Lipinski definition) is 13. The van der Waals surface area contributed by atoms with E-state index in [1.807, 2.05) is 60.7 Å². The topological polar surface area (TPSA) is 192 Å². The zero-order valence-corrected chi connectivity index (χ0v) is 39.6. The lowest BCUT2D eigenvalue weighted by Crippen LogP contribution is -2.70. The molecule has 1 saturated carbocycles. The number of fused-ring (bicyclic) bond motifs is 2. The number of non-ortho nitro benzene ring substituents is 1. The van der Waals surface area contributed by atoms with E-state index in [0.29, 0.717) is 47.8 Å². The fourth-order valence-corrected chi connectivity index (χ4v) is 10.1. The largest absolute Gasteiger partial charge is 0.459 e. The Kier molecular flexibility index (Phi) is 18.7. The van der Waals surface area contributed by atoms with Crippen LogP contribution in [0, 0.1) is 27.9 Å². The summed E-state index contributed by atoms with van der Waals surface area (Å²) in [5.74, 6) is -0.785. The lowest BCUT2D eigenvalue weighted by Gasteiger charge is -2.59. The maximum atomic E-state index is 14.5. The van der Waals surface area contributed by atoms with Crippen LogP contribution in [-0.4, -0.2) is 102 Å². The molecule has 4 aromatic carbocycles. The standard InChI is InChI=1S/C55H65N3O12/c1-3-5-32-66-54(62)57(27-33-65-34-30-61)51-37-49(56-68-38-39-17-21-43(22-18-39)58(63)64)47-35-42(15-9-11-28-59)46(16-10-12-29-60)52-48-36-45(25-26-50(48)70-55(51,53(47)52)67-31-4-2)69-44-23-19-41(20-24-44)40-13-7-6-8-14-40/h3-4,6-8,13-14,17-26,35-36,42,46,51-53,59-61H,1-2,5,9-12,15-16,27-34,37-38H2/t42-,46+,51-,52+,53+,55+/m0/s1. The molecule has 6 atom stereocenters. The van der Waals surface area contributed by atoms with Crippen LogP contribution >= 0.6 is 0 Å². The van der Waals surface area contributed by atoms with Gasteiger partial charge in [-0.25, -0.2) is 4.79 Å². The van der Waals surface area contributed by atoms with Crippen molar-refractivity contribution in [3.63, 3.8) is 0 Å². The molecule has 0 spiro atoms. The molecule has 0 bridgehead atoms. The fourth-order valence-electron chi connectivity index (χ4n) is 10.1. The number of amides is 1. The molecular weight excluding hydrogens is 895 g/mol. The molecule has 0 aromatic heterocycles. The SMILES string of the molecule is C=CCCOC(=O)N(CCOCCO)[C@H]1CC(=NOCc2ccc([N+](=O)[O-])cc2)C2=C[C@H](CCCCO)[C@@H](CCCCO)[C@@H]3c4cc(Oc5ccc(-c6ccccc6)cc5)ccc4O[C@@]1(OCC=C)[C@H]23. The number of carbonyl (C=O) groups is 1. The molecule has 372 valence electrons. The molecule has 1 fully saturated rings. The third-order valence-corrected chi connectivity index (χ3v) is 13.3. The quantitative estimate of drug-likeness (QED) is 0.0222. The zero-order valence-electron chi connectivity index (χ0n) is 39.6. The molecule has 0 unspecified atom stereocenters. The van der Waals surface area contributed by atoms with Crippen LogP contribution in [0.25, 0.3) is 11.1 Å². The van der Waals surface area contributed by atoms with Crippen molar-refractivity contribution in [1.82, 2.24) is 4.90 Å². The highest BCUT2D eigenvalue weighted by molar-refractivity contribution is 6.03. The smallest absolute Gasteiger partial charge is 0.410 e. The molecule has 0 radical (unpaired) electrons. The number of ether oxygens (including phenoxy) is 5. The number of carbonyl (C=O) groups excluding carboxylic acids is 1. The summed E-state index contributed by atoms with van der Waals surface area (Å²) in [6.45, 7) is 7.99. The highest BCUT2D eigenvalue weighted by Gasteiger charge is 2.65. The van der Waals surface area contributed by atoms with Gasteiger partial charge in [-0.05, 0) is 109 Å². The van der Waals surface area contributed by atoms with Crippen LogP contribution in [0.4, 0.5) is 10.5 Å². The summed E-state index contributed by atoms with van der Waals surface area (Å²) >= 11 is 0. The molecule has 70 heavy (non-hydrogen) atoms. The molecule has 1 amide bonds. The van der Waals surface area contributed by atoms with E-state index in [4.69, 9.17) is 33.7 Å². The van der Waals surface area contributed by atoms with Gasteiger partial charge in [-0.15, -0.1) is 13.2 Å². The first-order valence-corrected chi connectivity index (χ1v) is 24.2. The van der Waals surface area contributed by atoms with Crippen LogP contribution in [0.1, 0.15) is 68.4 Å². The highest BCUT2D eigenvalue weighted by Crippen LogP contribution is 2.62. The molecule has 15 nitrogen and oxygen atoms in total. The van der Waals surface area contributed by atoms with Gasteiger partial charge in [-0.3, -0.25) is 15.0 Å². The lowest BCUT2D eigenvalue weighted by molar-refractivity contribution is -0.384. The first-order chi connectivity index (χ1) is 34.2. The van der Waals surface area contributed by atoms with Gasteiger partial charge >= 0.3 is 6.09 Å². The molecule has 0 saturated heterocycles. The van der Waals surface area contributed by atoms with Gasteiger partial charge < -0.3 is 43.8 Å². The average molecular weight is 960 g/mol. The minimum atomic E-state index is -1.57. The Morgan fingerprint density at radius 3 is 2.29 bits per heavy atom. The number of nitro benzene ring substituents is 1. The Morgan fingerprint density at radius 2 is 1.59 bits per heavy atom. The van der Waals surface area contributed by atoms with Crippen molar-refractivity contribution in [2.24, 2.45) is 22.9 Å². The minimum absolute atomic E-state index is 0.00399. The van der Waals surface area contributed by atoms with E-state index in [1.165, 1.54) is 12.1 Å². The summed E-state index contributed by atoms with van der Waals surface area (Å²) in [4.78, 5) is 33.2. The van der Waals surface area contributed by atoms with Crippen molar-refractivity contribution in [2.75, 3.05) is 52.8 Å². The number of oxime groups is 1. The van der Waals surface area contributed by atoms with Crippen LogP contribution in [0.2, 0.25) is 0 Å². The van der Waals surface area contributed by atoms with Gasteiger partial charge in [0.25, 0.3) is 5.69 Å². The second-order valence-electron chi connectivity index (χ2n) is 17.7. The highest BCUT2D eigenvalue weighted by atomic mass is 16.7. The van der Waals surface area contributed by atoms with E-state index in [9.17, 15) is 30.2 Å². The Bertz CT molecular complexity index is 2410. The van der Waals surface area contributed by atoms with E-state index in [2.05, 4.69) is 31.4 Å². The van der Waals surface area contributed by atoms with Gasteiger partial charge in [0.05, 0.1) is 49.6 Å². The van der Waals surface area contributed by atoms with Crippen LogP contribution < -0.4 is 9.47 Å². The number of allylic oxidation sites excluding steroid dienone is 1. The minimum Gasteiger partial charge on any atom is -0.459 e. The molecule has 3 N–H and O–H groups in total. The molecule has 15 heteroatoms. The first kappa shape index (κ1) is 51.5. The number of rotatable bonds is 27. The summed E-state index contributed by atoms with van der Waals surface area (Å²) in [7, 11) is 0. The number of nitro groups is 1. The Morgan fingerprint density at radius 1 is 0.857 bits per heavy atom. The predicted octanol–water partition coefficient (Wildman–Crippen LogP) is 9.91. The summed E-state index contributed by atoms with van der Waals surface area (Å²) in [5, 5.41) is 45.9. The van der Waals surface area contributed by atoms with Gasteiger partial charge in [0, 0.05) is 49.8 Å². The molecule has 1 heterocycles.